The van der Waals surface area contributed by atoms with E-state index < -0.39 is 5.67 Å². The number of alkyl halides is 1. The van der Waals surface area contributed by atoms with E-state index in [2.05, 4.69) is 50.6 Å². The minimum absolute atomic E-state index is 0.0577. The number of nitrogens with zero attached hydrogens (tertiary/aromatic N) is 7. The van der Waals surface area contributed by atoms with Gasteiger partial charge in [0.1, 0.15) is 17.0 Å². The van der Waals surface area contributed by atoms with E-state index in [0.29, 0.717) is 32.1 Å². The van der Waals surface area contributed by atoms with Crippen LogP contribution in [-0.2, 0) is 4.74 Å². The molecule has 6 heterocycles. The largest absolute Gasteiger partial charge is 0.377 e. The molecule has 4 aromatic heterocycles. The molecule has 190 valence electrons. The quantitative estimate of drug-likeness (QED) is 0.450. The van der Waals surface area contributed by atoms with Gasteiger partial charge in [0.05, 0.1) is 42.2 Å². The summed E-state index contributed by atoms with van der Waals surface area (Å²) in [7, 11) is 0. The van der Waals surface area contributed by atoms with E-state index in [1.54, 1.807) is 17.6 Å². The summed E-state index contributed by atoms with van der Waals surface area (Å²) in [4.78, 5) is 16.3. The third-order valence-corrected chi connectivity index (χ3v) is 7.73. The zero-order chi connectivity index (χ0) is 25.2. The molecule has 36 heavy (non-hydrogen) atoms. The molecule has 0 bridgehead atoms. The molecule has 2 fully saturated rings. The highest BCUT2D eigenvalue weighted by atomic mass is 19.1. The van der Waals surface area contributed by atoms with Crippen LogP contribution in [0.15, 0.2) is 30.6 Å². The topological polar surface area (TPSA) is 85.4 Å². The Hall–Kier alpha value is -3.11. The number of anilines is 1. The first-order valence-corrected chi connectivity index (χ1v) is 12.6. The molecule has 4 aromatic rings. The number of hydrogen-bond acceptors (Lipinski definition) is 7. The second-order valence-corrected chi connectivity index (χ2v) is 11.0. The standard InChI is InChI=1S/C26H33FN8O/c1-16(2)35-17(3)29-20-7-6-19(30-23(20)35)18-8-11-34-21(18)12-28-24(32-34)31-22-9-10-33(13-26(22,5)27)25(4)14-36-15-25/h6-8,11-12,16,22H,9-10,13-15H2,1-5H3,(H,31,32). The van der Waals surface area contributed by atoms with Crippen molar-refractivity contribution in [3.63, 3.8) is 0 Å². The van der Waals surface area contributed by atoms with Gasteiger partial charge in [-0.3, -0.25) is 4.90 Å². The Labute approximate surface area is 209 Å². The number of imidazole rings is 1. The first-order valence-electron chi connectivity index (χ1n) is 12.6. The monoisotopic (exact) mass is 492 g/mol. The summed E-state index contributed by atoms with van der Waals surface area (Å²) >= 11 is 0. The molecule has 0 aromatic carbocycles. The number of nitrogens with one attached hydrogen (secondary N) is 1. The fraction of sp³-hybridized carbons (Fsp3) is 0.538. The third kappa shape index (κ3) is 3.74. The van der Waals surface area contributed by atoms with Crippen LogP contribution in [0.25, 0.3) is 27.9 Å². The van der Waals surface area contributed by atoms with Crippen LogP contribution in [0.5, 0.6) is 0 Å². The highest BCUT2D eigenvalue weighted by molar-refractivity contribution is 5.82. The molecule has 9 nitrogen and oxygen atoms in total. The van der Waals surface area contributed by atoms with Gasteiger partial charge in [0.15, 0.2) is 5.65 Å². The lowest BCUT2D eigenvalue weighted by atomic mass is 9.86. The Bertz CT molecular complexity index is 1440. The Morgan fingerprint density at radius 2 is 1.97 bits per heavy atom. The van der Waals surface area contributed by atoms with Gasteiger partial charge in [-0.25, -0.2) is 23.9 Å². The molecule has 2 aliphatic heterocycles. The number of fused-ring (bicyclic) bond motifs is 2. The van der Waals surface area contributed by atoms with Crippen molar-refractivity contribution in [1.82, 2.24) is 34.0 Å². The molecule has 0 amide bonds. The molecule has 0 aliphatic carbocycles. The molecule has 6 rings (SSSR count). The van der Waals surface area contributed by atoms with Gasteiger partial charge in [-0.05, 0) is 59.2 Å². The Kier molecular flexibility index (Phi) is 5.31. The molecule has 2 saturated heterocycles. The van der Waals surface area contributed by atoms with Gasteiger partial charge in [-0.15, -0.1) is 5.10 Å². The van der Waals surface area contributed by atoms with E-state index in [1.165, 1.54) is 0 Å². The van der Waals surface area contributed by atoms with Crippen molar-refractivity contribution < 1.29 is 9.13 Å². The molecule has 2 atom stereocenters. The lowest BCUT2D eigenvalue weighted by molar-refractivity contribution is -0.151. The first kappa shape index (κ1) is 23.3. The van der Waals surface area contributed by atoms with Crippen LogP contribution in [-0.4, -0.2) is 77.6 Å². The van der Waals surface area contributed by atoms with Gasteiger partial charge in [-0.1, -0.05) is 0 Å². The van der Waals surface area contributed by atoms with Crippen LogP contribution >= 0.6 is 0 Å². The number of likely N-dealkylation sites (tertiary alicyclic amines) is 1. The normalized spacial score (nSPS) is 24.5. The van der Waals surface area contributed by atoms with E-state index in [0.717, 1.165) is 40.3 Å². The highest BCUT2D eigenvalue weighted by Crippen LogP contribution is 2.34. The predicted molar refractivity (Wildman–Crippen MR) is 137 cm³/mol. The molecular weight excluding hydrogens is 459 g/mol. The Morgan fingerprint density at radius 3 is 2.67 bits per heavy atom. The Balaban J connectivity index is 1.25. The summed E-state index contributed by atoms with van der Waals surface area (Å²) in [5.74, 6) is 1.37. The zero-order valence-corrected chi connectivity index (χ0v) is 21.5. The van der Waals surface area contributed by atoms with Crippen LogP contribution in [0, 0.1) is 6.92 Å². The molecule has 10 heteroatoms. The fourth-order valence-electron chi connectivity index (χ4n) is 5.61. The van der Waals surface area contributed by atoms with Gasteiger partial charge in [0.2, 0.25) is 5.95 Å². The van der Waals surface area contributed by atoms with Crippen LogP contribution in [0.1, 0.15) is 46.0 Å². The van der Waals surface area contributed by atoms with Crippen molar-refractivity contribution in [1.29, 1.82) is 0 Å². The van der Waals surface area contributed by atoms with E-state index in [4.69, 9.17) is 9.72 Å². The summed E-state index contributed by atoms with van der Waals surface area (Å²) in [6, 6.07) is 5.88. The van der Waals surface area contributed by atoms with Gasteiger partial charge >= 0.3 is 0 Å². The Morgan fingerprint density at radius 1 is 1.17 bits per heavy atom. The molecule has 0 radical (unpaired) electrons. The fourth-order valence-corrected chi connectivity index (χ4v) is 5.61. The lowest BCUT2D eigenvalue weighted by Crippen LogP contribution is -2.67. The molecule has 0 spiro atoms. The van der Waals surface area contributed by atoms with Gasteiger partial charge < -0.3 is 14.6 Å². The summed E-state index contributed by atoms with van der Waals surface area (Å²) in [6.07, 6.45) is 4.34. The van der Waals surface area contributed by atoms with E-state index in [9.17, 15) is 0 Å². The second kappa shape index (κ2) is 8.21. The van der Waals surface area contributed by atoms with Crippen molar-refractivity contribution in [3.05, 3.63) is 36.4 Å². The summed E-state index contributed by atoms with van der Waals surface area (Å²) in [5.41, 5.74) is 2.91. The summed E-state index contributed by atoms with van der Waals surface area (Å²) in [5, 5.41) is 7.90. The van der Waals surface area contributed by atoms with Crippen LogP contribution in [0.2, 0.25) is 0 Å². The number of halogens is 1. The molecule has 2 aliphatic rings. The average Bonchev–Trinajstić information content (AvgIpc) is 3.37. The molecule has 0 saturated carbocycles. The number of hydrogen-bond donors (Lipinski definition) is 1. The van der Waals surface area contributed by atoms with E-state index in [1.807, 2.05) is 31.3 Å². The van der Waals surface area contributed by atoms with Crippen LogP contribution in [0.3, 0.4) is 0 Å². The number of aryl methyl sites for hydroxylation is 1. The smallest absolute Gasteiger partial charge is 0.241 e. The maximum Gasteiger partial charge on any atom is 0.241 e. The van der Waals surface area contributed by atoms with Crippen molar-refractivity contribution in [2.24, 2.45) is 0 Å². The maximum atomic E-state index is 15.7. The highest BCUT2D eigenvalue weighted by Gasteiger charge is 2.48. The third-order valence-electron chi connectivity index (χ3n) is 7.73. The number of rotatable bonds is 5. The predicted octanol–water partition coefficient (Wildman–Crippen LogP) is 4.03. The van der Waals surface area contributed by atoms with E-state index >= 15 is 4.39 Å². The second-order valence-electron chi connectivity index (χ2n) is 11.0. The molecular formula is C26H33FN8O. The molecule has 1 N–H and O–H groups in total. The van der Waals surface area contributed by atoms with Crippen molar-refractivity contribution in [2.75, 3.05) is 31.6 Å². The maximum absolute atomic E-state index is 15.7. The number of ether oxygens (including phenoxy) is 1. The average molecular weight is 493 g/mol. The SMILES string of the molecule is Cc1nc2ccc(-c3ccn4nc(NC5CCN(C6(C)COC6)CC5(C)F)ncc34)nc2n1C(C)C. The van der Waals surface area contributed by atoms with Crippen LogP contribution in [0.4, 0.5) is 10.3 Å². The zero-order valence-electron chi connectivity index (χ0n) is 21.5. The van der Waals surface area contributed by atoms with Gasteiger partial charge in [-0.2, -0.15) is 0 Å². The summed E-state index contributed by atoms with van der Waals surface area (Å²) in [6.45, 7) is 12.6. The van der Waals surface area contributed by atoms with Gasteiger partial charge in [0.25, 0.3) is 0 Å². The minimum Gasteiger partial charge on any atom is -0.377 e. The van der Waals surface area contributed by atoms with Crippen LogP contribution < -0.4 is 5.32 Å². The molecule has 2 unspecified atom stereocenters. The van der Waals surface area contributed by atoms with Crippen molar-refractivity contribution in [3.8, 4) is 11.3 Å². The lowest BCUT2D eigenvalue weighted by Gasteiger charge is -2.52. The number of piperidine rings is 1. The minimum atomic E-state index is -1.41. The number of aromatic nitrogens is 6. The van der Waals surface area contributed by atoms with E-state index in [-0.39, 0.29) is 17.6 Å². The van der Waals surface area contributed by atoms with Gasteiger partial charge in [0, 0.05) is 30.9 Å². The van der Waals surface area contributed by atoms with Crippen molar-refractivity contribution in [2.45, 2.75) is 64.3 Å². The number of pyridine rings is 1. The summed E-state index contributed by atoms with van der Waals surface area (Å²) < 4.78 is 25.0. The van der Waals surface area contributed by atoms with Crippen molar-refractivity contribution >= 4 is 22.6 Å². The first-order chi connectivity index (χ1) is 17.1.